The van der Waals surface area contributed by atoms with Crippen molar-refractivity contribution < 1.29 is 14.4 Å². The quantitative estimate of drug-likeness (QED) is 0.764. The van der Waals surface area contributed by atoms with E-state index in [1.165, 1.54) is 17.5 Å². The van der Waals surface area contributed by atoms with Crippen LogP contribution in [0.25, 0.3) is 0 Å². The second kappa shape index (κ2) is 8.41. The van der Waals surface area contributed by atoms with Crippen molar-refractivity contribution in [3.63, 3.8) is 0 Å². The summed E-state index contributed by atoms with van der Waals surface area (Å²) in [6, 6.07) is 14.0. The Bertz CT molecular complexity index is 1060. The van der Waals surface area contributed by atoms with Crippen LogP contribution < -0.4 is 10.2 Å². The monoisotopic (exact) mass is 431 g/mol. The third-order valence-electron chi connectivity index (χ3n) is 6.79. The standard InChI is InChI=1S/C26H29N3O3/c1-28(15-17-5-7-19(8-6-17)25(31)27-22-10-11-22)26(32)21-14-24(30)29(16-21)23-12-9-18-3-2-4-20(18)13-23/h5-9,12-13,21-22H,2-4,10-11,14-16H2,1H3,(H,27,31). The molecule has 2 aromatic carbocycles. The van der Waals surface area contributed by atoms with Crippen LogP contribution in [0.2, 0.25) is 0 Å². The van der Waals surface area contributed by atoms with Gasteiger partial charge in [0, 0.05) is 43.9 Å². The van der Waals surface area contributed by atoms with Crippen molar-refractivity contribution in [3.05, 3.63) is 64.7 Å². The van der Waals surface area contributed by atoms with Gasteiger partial charge in [0.1, 0.15) is 0 Å². The maximum atomic E-state index is 13.0. The molecule has 0 spiro atoms. The molecule has 2 fully saturated rings. The fourth-order valence-corrected chi connectivity index (χ4v) is 4.77. The molecule has 32 heavy (non-hydrogen) atoms. The van der Waals surface area contributed by atoms with Gasteiger partial charge in [-0.25, -0.2) is 0 Å². The van der Waals surface area contributed by atoms with Gasteiger partial charge in [-0.05, 0) is 73.1 Å². The van der Waals surface area contributed by atoms with Crippen LogP contribution in [0.1, 0.15) is 52.7 Å². The van der Waals surface area contributed by atoms with Crippen molar-refractivity contribution in [1.82, 2.24) is 10.2 Å². The molecule has 1 N–H and O–H groups in total. The average Bonchev–Trinajstić information content (AvgIpc) is 3.33. The first kappa shape index (κ1) is 20.7. The Morgan fingerprint density at radius 1 is 1.06 bits per heavy atom. The minimum atomic E-state index is -0.329. The van der Waals surface area contributed by atoms with Gasteiger partial charge in [-0.1, -0.05) is 18.2 Å². The number of anilines is 1. The number of hydrogen-bond acceptors (Lipinski definition) is 3. The lowest BCUT2D eigenvalue weighted by Crippen LogP contribution is -2.34. The van der Waals surface area contributed by atoms with Crippen molar-refractivity contribution in [2.45, 2.75) is 51.1 Å². The Hall–Kier alpha value is -3.15. The van der Waals surface area contributed by atoms with Gasteiger partial charge in [-0.3, -0.25) is 14.4 Å². The van der Waals surface area contributed by atoms with E-state index >= 15 is 0 Å². The van der Waals surface area contributed by atoms with Gasteiger partial charge in [0.05, 0.1) is 5.92 Å². The summed E-state index contributed by atoms with van der Waals surface area (Å²) < 4.78 is 0. The molecule has 6 heteroatoms. The number of nitrogens with one attached hydrogen (secondary N) is 1. The lowest BCUT2D eigenvalue weighted by Gasteiger charge is -2.22. The molecule has 3 amide bonds. The minimum absolute atomic E-state index is 0.0146. The smallest absolute Gasteiger partial charge is 0.251 e. The number of nitrogens with zero attached hydrogens (tertiary/aromatic N) is 2. The number of carbonyl (C=O) groups excluding carboxylic acids is 3. The van der Waals surface area contributed by atoms with Gasteiger partial charge in [-0.15, -0.1) is 0 Å². The zero-order valence-corrected chi connectivity index (χ0v) is 18.5. The highest BCUT2D eigenvalue weighted by molar-refractivity contribution is 6.00. The summed E-state index contributed by atoms with van der Waals surface area (Å²) in [7, 11) is 1.78. The summed E-state index contributed by atoms with van der Waals surface area (Å²) >= 11 is 0. The molecular weight excluding hydrogens is 402 g/mol. The molecule has 2 aromatic rings. The van der Waals surface area contributed by atoms with Crippen LogP contribution in [0.4, 0.5) is 5.69 Å². The van der Waals surface area contributed by atoms with E-state index in [9.17, 15) is 14.4 Å². The van der Waals surface area contributed by atoms with Gasteiger partial charge >= 0.3 is 0 Å². The second-order valence-corrected chi connectivity index (χ2v) is 9.35. The van der Waals surface area contributed by atoms with Gasteiger partial charge in [0.2, 0.25) is 11.8 Å². The number of fused-ring (bicyclic) bond motifs is 1. The van der Waals surface area contributed by atoms with Gasteiger partial charge in [-0.2, -0.15) is 0 Å². The van der Waals surface area contributed by atoms with E-state index in [1.54, 1.807) is 29.0 Å². The number of hydrogen-bond donors (Lipinski definition) is 1. The van der Waals surface area contributed by atoms with Crippen LogP contribution in [0.3, 0.4) is 0 Å². The van der Waals surface area contributed by atoms with Crippen molar-refractivity contribution in [3.8, 4) is 0 Å². The van der Waals surface area contributed by atoms with Gasteiger partial charge in [0.15, 0.2) is 0 Å². The molecule has 2 aliphatic carbocycles. The first-order valence-electron chi connectivity index (χ1n) is 11.5. The Labute approximate surface area is 188 Å². The zero-order chi connectivity index (χ0) is 22.2. The molecule has 6 nitrogen and oxygen atoms in total. The largest absolute Gasteiger partial charge is 0.349 e. The van der Waals surface area contributed by atoms with E-state index in [4.69, 9.17) is 0 Å². The molecule has 1 unspecified atom stereocenters. The number of amides is 3. The Morgan fingerprint density at radius 2 is 1.81 bits per heavy atom. The third kappa shape index (κ3) is 4.27. The Kier molecular flexibility index (Phi) is 5.45. The highest BCUT2D eigenvalue weighted by atomic mass is 16.2. The summed E-state index contributed by atoms with van der Waals surface area (Å²) in [5.74, 6) is -0.373. The normalized spacial score (nSPS) is 19.7. The Balaban J connectivity index is 1.19. The molecule has 1 atom stereocenters. The highest BCUT2D eigenvalue weighted by Crippen LogP contribution is 2.31. The Morgan fingerprint density at radius 3 is 2.56 bits per heavy atom. The van der Waals surface area contributed by atoms with E-state index in [1.807, 2.05) is 18.2 Å². The molecule has 3 aliphatic rings. The third-order valence-corrected chi connectivity index (χ3v) is 6.79. The van der Waals surface area contributed by atoms with Crippen LogP contribution in [0, 0.1) is 5.92 Å². The summed E-state index contributed by atoms with van der Waals surface area (Å²) in [5.41, 5.74) is 5.22. The second-order valence-electron chi connectivity index (χ2n) is 9.35. The highest BCUT2D eigenvalue weighted by Gasteiger charge is 2.36. The maximum Gasteiger partial charge on any atom is 0.251 e. The van der Waals surface area contributed by atoms with Crippen LogP contribution in [-0.2, 0) is 29.0 Å². The number of benzene rings is 2. The molecule has 166 valence electrons. The van der Waals surface area contributed by atoms with Gasteiger partial charge < -0.3 is 15.1 Å². The SMILES string of the molecule is CN(Cc1ccc(C(=O)NC2CC2)cc1)C(=O)C1CC(=O)N(c2ccc3c(c2)CCC3)C1. The average molecular weight is 432 g/mol. The summed E-state index contributed by atoms with van der Waals surface area (Å²) in [6.45, 7) is 0.883. The van der Waals surface area contributed by atoms with E-state index < -0.39 is 0 Å². The summed E-state index contributed by atoms with van der Waals surface area (Å²) in [5, 5.41) is 2.98. The van der Waals surface area contributed by atoms with Crippen LogP contribution in [0.15, 0.2) is 42.5 Å². The van der Waals surface area contributed by atoms with E-state index in [-0.39, 0.29) is 30.1 Å². The molecule has 0 aromatic heterocycles. The zero-order valence-electron chi connectivity index (χ0n) is 18.5. The van der Waals surface area contributed by atoms with Crippen molar-refractivity contribution in [1.29, 1.82) is 0 Å². The van der Waals surface area contributed by atoms with Crippen molar-refractivity contribution in [2.24, 2.45) is 5.92 Å². The molecule has 0 bridgehead atoms. The topological polar surface area (TPSA) is 69.7 Å². The van der Waals surface area contributed by atoms with E-state index in [0.29, 0.717) is 24.7 Å². The van der Waals surface area contributed by atoms with E-state index in [0.717, 1.165) is 36.9 Å². The molecule has 5 rings (SSSR count). The number of aryl methyl sites for hydroxylation is 2. The lowest BCUT2D eigenvalue weighted by molar-refractivity contribution is -0.135. The predicted octanol–water partition coefficient (Wildman–Crippen LogP) is 3.08. The van der Waals surface area contributed by atoms with Crippen LogP contribution in [-0.4, -0.2) is 42.3 Å². The lowest BCUT2D eigenvalue weighted by atomic mass is 10.1. The molecule has 1 aliphatic heterocycles. The van der Waals surface area contributed by atoms with Crippen LogP contribution in [0.5, 0.6) is 0 Å². The molecule has 1 saturated heterocycles. The number of rotatable bonds is 6. The van der Waals surface area contributed by atoms with E-state index in [2.05, 4.69) is 17.4 Å². The van der Waals surface area contributed by atoms with Crippen molar-refractivity contribution in [2.75, 3.05) is 18.5 Å². The molecule has 1 saturated carbocycles. The number of carbonyl (C=O) groups is 3. The molecular formula is C26H29N3O3. The first-order valence-corrected chi connectivity index (χ1v) is 11.5. The first-order chi connectivity index (χ1) is 15.5. The molecule has 0 radical (unpaired) electrons. The van der Waals surface area contributed by atoms with Crippen molar-refractivity contribution >= 4 is 23.4 Å². The molecule has 1 heterocycles. The maximum absolute atomic E-state index is 13.0. The van der Waals surface area contributed by atoms with Crippen LogP contribution >= 0.6 is 0 Å². The summed E-state index contributed by atoms with van der Waals surface area (Å²) in [4.78, 5) is 41.3. The summed E-state index contributed by atoms with van der Waals surface area (Å²) in [6.07, 6.45) is 5.72. The predicted molar refractivity (Wildman–Crippen MR) is 122 cm³/mol. The minimum Gasteiger partial charge on any atom is -0.349 e. The van der Waals surface area contributed by atoms with Gasteiger partial charge in [0.25, 0.3) is 5.91 Å². The fourth-order valence-electron chi connectivity index (χ4n) is 4.77. The fraction of sp³-hybridized carbons (Fsp3) is 0.423.